The molecule has 18 heavy (non-hydrogen) atoms. The zero-order valence-corrected chi connectivity index (χ0v) is 11.3. The van der Waals surface area contributed by atoms with Crippen molar-refractivity contribution in [2.24, 2.45) is 0 Å². The summed E-state index contributed by atoms with van der Waals surface area (Å²) in [6, 6.07) is 8.07. The maximum absolute atomic E-state index is 9.29. The van der Waals surface area contributed by atoms with Crippen molar-refractivity contribution in [3.8, 4) is 0 Å². The number of aromatic nitrogens is 1. The van der Waals surface area contributed by atoms with E-state index in [1.807, 2.05) is 12.1 Å². The third-order valence-corrected chi connectivity index (χ3v) is 2.94. The molecule has 0 unspecified atom stereocenters. The number of rotatable bonds is 4. The molecule has 0 radical (unpaired) electrons. The number of aliphatic hydroxyl groups excluding tert-OH is 1. The van der Waals surface area contributed by atoms with Gasteiger partial charge in [-0.1, -0.05) is 12.1 Å². The Morgan fingerprint density at radius 1 is 1.22 bits per heavy atom. The first kappa shape index (κ1) is 13.1. The largest absolute Gasteiger partial charge is 0.392 e. The van der Waals surface area contributed by atoms with Gasteiger partial charge in [-0.15, -0.1) is 0 Å². The lowest BCUT2D eigenvalue weighted by molar-refractivity contribution is -0.00644. The quantitative estimate of drug-likeness (QED) is 0.901. The summed E-state index contributed by atoms with van der Waals surface area (Å²) in [5.74, 6) is 0. The van der Waals surface area contributed by atoms with Gasteiger partial charge in [0.1, 0.15) is 0 Å². The van der Waals surface area contributed by atoms with Gasteiger partial charge in [-0.25, -0.2) is 0 Å². The molecule has 3 heteroatoms. The van der Waals surface area contributed by atoms with E-state index in [0.29, 0.717) is 6.61 Å². The van der Waals surface area contributed by atoms with E-state index >= 15 is 0 Å². The molecular formula is C15H21NO2. The first-order valence-corrected chi connectivity index (χ1v) is 6.33. The molecular weight excluding hydrogens is 226 g/mol. The maximum Gasteiger partial charge on any atom is 0.0688 e. The molecule has 2 rings (SSSR count). The normalized spacial score (nSPS) is 12.2. The van der Waals surface area contributed by atoms with Crippen LogP contribution in [0.4, 0.5) is 0 Å². The van der Waals surface area contributed by atoms with Crippen molar-refractivity contribution in [1.82, 2.24) is 4.57 Å². The highest BCUT2D eigenvalue weighted by Gasteiger charge is 2.10. The monoisotopic (exact) mass is 247 g/mol. The van der Waals surface area contributed by atoms with Gasteiger partial charge in [0.25, 0.3) is 0 Å². The van der Waals surface area contributed by atoms with Gasteiger partial charge in [-0.3, -0.25) is 0 Å². The summed E-state index contributed by atoms with van der Waals surface area (Å²) >= 11 is 0. The average Bonchev–Trinajstić information content (AvgIpc) is 2.71. The molecule has 0 fully saturated rings. The van der Waals surface area contributed by atoms with Crippen LogP contribution in [0.5, 0.6) is 0 Å². The number of nitrogens with zero attached hydrogens (tertiary/aromatic N) is 1. The summed E-state index contributed by atoms with van der Waals surface area (Å²) in [5, 5.41) is 10.4. The minimum Gasteiger partial charge on any atom is -0.392 e. The van der Waals surface area contributed by atoms with Crippen molar-refractivity contribution >= 4 is 10.9 Å². The van der Waals surface area contributed by atoms with Crippen LogP contribution in [0.1, 0.15) is 26.3 Å². The molecule has 0 aliphatic rings. The second-order valence-electron chi connectivity index (χ2n) is 5.48. The summed E-state index contributed by atoms with van der Waals surface area (Å²) in [7, 11) is 0. The number of hydrogen-bond donors (Lipinski definition) is 1. The van der Waals surface area contributed by atoms with Crippen molar-refractivity contribution < 1.29 is 9.84 Å². The zero-order chi connectivity index (χ0) is 13.2. The lowest BCUT2D eigenvalue weighted by Crippen LogP contribution is -2.21. The standard InChI is InChI=1S/C15H21NO2/c1-15(2,3)18-10-9-16-8-7-13-12(11-17)5-4-6-14(13)16/h4-8,17H,9-11H2,1-3H3. The summed E-state index contributed by atoms with van der Waals surface area (Å²) in [5.41, 5.74) is 2.03. The van der Waals surface area contributed by atoms with Crippen LogP contribution in [0, 0.1) is 0 Å². The fourth-order valence-corrected chi connectivity index (χ4v) is 2.07. The van der Waals surface area contributed by atoms with Crippen LogP contribution in [-0.4, -0.2) is 21.9 Å². The highest BCUT2D eigenvalue weighted by molar-refractivity contribution is 5.83. The van der Waals surface area contributed by atoms with E-state index in [4.69, 9.17) is 4.74 Å². The molecule has 98 valence electrons. The molecule has 0 amide bonds. The maximum atomic E-state index is 9.29. The Morgan fingerprint density at radius 3 is 2.67 bits per heavy atom. The van der Waals surface area contributed by atoms with Crippen molar-refractivity contribution in [3.05, 3.63) is 36.0 Å². The number of benzene rings is 1. The zero-order valence-electron chi connectivity index (χ0n) is 11.3. The first-order valence-electron chi connectivity index (χ1n) is 6.33. The van der Waals surface area contributed by atoms with Crippen LogP contribution in [-0.2, 0) is 17.9 Å². The summed E-state index contributed by atoms with van der Waals surface area (Å²) in [6.45, 7) is 7.78. The molecule has 0 saturated heterocycles. The second-order valence-corrected chi connectivity index (χ2v) is 5.48. The molecule has 1 aromatic carbocycles. The molecule has 1 aromatic heterocycles. The van der Waals surface area contributed by atoms with Gasteiger partial charge < -0.3 is 14.4 Å². The van der Waals surface area contributed by atoms with Gasteiger partial charge in [0.2, 0.25) is 0 Å². The Kier molecular flexibility index (Phi) is 3.73. The van der Waals surface area contributed by atoms with E-state index in [1.165, 1.54) is 0 Å². The Hall–Kier alpha value is -1.32. The van der Waals surface area contributed by atoms with E-state index in [1.54, 1.807) is 0 Å². The van der Waals surface area contributed by atoms with Crippen LogP contribution in [0.15, 0.2) is 30.5 Å². The molecule has 0 spiro atoms. The topological polar surface area (TPSA) is 34.4 Å². The molecule has 2 aromatic rings. The number of aliphatic hydroxyl groups is 1. The predicted octanol–water partition coefficient (Wildman–Crippen LogP) is 2.95. The van der Waals surface area contributed by atoms with E-state index in [2.05, 4.69) is 43.7 Å². The van der Waals surface area contributed by atoms with E-state index < -0.39 is 0 Å². The van der Waals surface area contributed by atoms with Crippen molar-refractivity contribution in [2.75, 3.05) is 6.61 Å². The van der Waals surface area contributed by atoms with Gasteiger partial charge >= 0.3 is 0 Å². The Morgan fingerprint density at radius 2 is 2.00 bits per heavy atom. The highest BCUT2D eigenvalue weighted by Crippen LogP contribution is 2.20. The molecule has 3 nitrogen and oxygen atoms in total. The van der Waals surface area contributed by atoms with Crippen LogP contribution < -0.4 is 0 Å². The highest BCUT2D eigenvalue weighted by atomic mass is 16.5. The lowest BCUT2D eigenvalue weighted by atomic mass is 10.1. The van der Waals surface area contributed by atoms with Gasteiger partial charge in [0.15, 0.2) is 0 Å². The number of hydrogen-bond acceptors (Lipinski definition) is 2. The first-order chi connectivity index (χ1) is 8.51. The number of ether oxygens (including phenoxy) is 1. The molecule has 0 saturated carbocycles. The SMILES string of the molecule is CC(C)(C)OCCn1ccc2c(CO)cccc21. The van der Waals surface area contributed by atoms with E-state index in [0.717, 1.165) is 23.0 Å². The molecule has 1 N–H and O–H groups in total. The lowest BCUT2D eigenvalue weighted by Gasteiger charge is -2.19. The van der Waals surface area contributed by atoms with E-state index in [9.17, 15) is 5.11 Å². The Bertz CT molecular complexity index is 523. The van der Waals surface area contributed by atoms with Crippen LogP contribution >= 0.6 is 0 Å². The van der Waals surface area contributed by atoms with E-state index in [-0.39, 0.29) is 12.2 Å². The molecule has 1 heterocycles. The number of fused-ring (bicyclic) bond motifs is 1. The van der Waals surface area contributed by atoms with Gasteiger partial charge in [0.05, 0.1) is 18.8 Å². The van der Waals surface area contributed by atoms with Gasteiger partial charge in [0, 0.05) is 23.6 Å². The Labute approximate surface area is 108 Å². The van der Waals surface area contributed by atoms with Crippen molar-refractivity contribution in [3.63, 3.8) is 0 Å². The predicted molar refractivity (Wildman–Crippen MR) is 73.6 cm³/mol. The second kappa shape index (κ2) is 5.12. The van der Waals surface area contributed by atoms with Crippen LogP contribution in [0.25, 0.3) is 10.9 Å². The Balaban J connectivity index is 2.15. The minimum atomic E-state index is -0.0980. The van der Waals surface area contributed by atoms with Gasteiger partial charge in [-0.05, 0) is 38.5 Å². The van der Waals surface area contributed by atoms with Crippen molar-refractivity contribution in [1.29, 1.82) is 0 Å². The fourth-order valence-electron chi connectivity index (χ4n) is 2.07. The molecule has 0 bridgehead atoms. The molecule has 0 atom stereocenters. The third-order valence-electron chi connectivity index (χ3n) is 2.94. The van der Waals surface area contributed by atoms with Crippen LogP contribution in [0.3, 0.4) is 0 Å². The van der Waals surface area contributed by atoms with Crippen molar-refractivity contribution in [2.45, 2.75) is 39.5 Å². The third kappa shape index (κ3) is 2.92. The molecule has 0 aliphatic heterocycles. The summed E-state index contributed by atoms with van der Waals surface area (Å²) in [4.78, 5) is 0. The smallest absolute Gasteiger partial charge is 0.0688 e. The van der Waals surface area contributed by atoms with Gasteiger partial charge in [-0.2, -0.15) is 0 Å². The average molecular weight is 247 g/mol. The fraction of sp³-hybridized carbons (Fsp3) is 0.467. The van der Waals surface area contributed by atoms with Crippen LogP contribution in [0.2, 0.25) is 0 Å². The molecule has 0 aliphatic carbocycles. The minimum absolute atomic E-state index is 0.0832. The summed E-state index contributed by atoms with van der Waals surface area (Å²) in [6.07, 6.45) is 2.05. The summed E-state index contributed by atoms with van der Waals surface area (Å²) < 4.78 is 7.90.